The van der Waals surface area contributed by atoms with Gasteiger partial charge in [-0.15, -0.1) is 0 Å². The Morgan fingerprint density at radius 2 is 2.21 bits per heavy atom. The van der Waals surface area contributed by atoms with Gasteiger partial charge in [0.05, 0.1) is 5.56 Å². The van der Waals surface area contributed by atoms with Gasteiger partial charge in [0, 0.05) is 12.1 Å². The van der Waals surface area contributed by atoms with E-state index in [9.17, 15) is 9.90 Å². The van der Waals surface area contributed by atoms with Crippen molar-refractivity contribution in [1.29, 1.82) is 0 Å². The number of carboxylic acid groups (broad SMARTS) is 1. The standard InChI is InChI=1S/C10H13NO3/c1-2-11-6-8-4-3-7(10(13)14)5-9(8)12/h3-5,11-12H,2,6H2,1H3,(H,13,14). The first-order valence-electron chi connectivity index (χ1n) is 4.41. The van der Waals surface area contributed by atoms with Crippen LogP contribution in [0.1, 0.15) is 22.8 Å². The molecule has 0 heterocycles. The van der Waals surface area contributed by atoms with E-state index < -0.39 is 5.97 Å². The SMILES string of the molecule is CCNCc1ccc(C(=O)O)cc1O. The van der Waals surface area contributed by atoms with Crippen LogP contribution in [-0.2, 0) is 6.54 Å². The van der Waals surface area contributed by atoms with E-state index in [1.54, 1.807) is 6.07 Å². The molecule has 14 heavy (non-hydrogen) atoms. The Bertz CT molecular complexity index is 336. The van der Waals surface area contributed by atoms with Gasteiger partial charge in [0.15, 0.2) is 0 Å². The minimum atomic E-state index is -1.03. The van der Waals surface area contributed by atoms with Crippen LogP contribution in [0.3, 0.4) is 0 Å². The molecule has 76 valence electrons. The first-order chi connectivity index (χ1) is 6.65. The molecule has 0 bridgehead atoms. The molecule has 4 nitrogen and oxygen atoms in total. The summed E-state index contributed by atoms with van der Waals surface area (Å²) in [4.78, 5) is 10.6. The van der Waals surface area contributed by atoms with E-state index in [0.29, 0.717) is 12.1 Å². The highest BCUT2D eigenvalue weighted by atomic mass is 16.4. The number of carbonyl (C=O) groups is 1. The lowest BCUT2D eigenvalue weighted by Gasteiger charge is -2.05. The predicted octanol–water partition coefficient (Wildman–Crippen LogP) is 1.20. The van der Waals surface area contributed by atoms with Gasteiger partial charge in [-0.05, 0) is 18.7 Å². The van der Waals surface area contributed by atoms with E-state index in [4.69, 9.17) is 5.11 Å². The van der Waals surface area contributed by atoms with Crippen LogP contribution in [0.25, 0.3) is 0 Å². The first-order valence-corrected chi connectivity index (χ1v) is 4.41. The van der Waals surface area contributed by atoms with Crippen LogP contribution in [-0.4, -0.2) is 22.7 Å². The summed E-state index contributed by atoms with van der Waals surface area (Å²) < 4.78 is 0. The summed E-state index contributed by atoms with van der Waals surface area (Å²) in [5, 5.41) is 21.2. The molecule has 0 amide bonds. The Morgan fingerprint density at radius 1 is 1.50 bits per heavy atom. The third-order valence-corrected chi connectivity index (χ3v) is 1.90. The zero-order valence-electron chi connectivity index (χ0n) is 7.95. The van der Waals surface area contributed by atoms with Crippen LogP contribution >= 0.6 is 0 Å². The average Bonchev–Trinajstić information content (AvgIpc) is 2.15. The topological polar surface area (TPSA) is 69.6 Å². The van der Waals surface area contributed by atoms with Gasteiger partial charge in [0.1, 0.15) is 5.75 Å². The first kappa shape index (κ1) is 10.5. The number of nitrogens with one attached hydrogen (secondary N) is 1. The summed E-state index contributed by atoms with van der Waals surface area (Å²) in [5.41, 5.74) is 0.805. The van der Waals surface area contributed by atoms with Gasteiger partial charge in [0.2, 0.25) is 0 Å². The zero-order chi connectivity index (χ0) is 10.6. The highest BCUT2D eigenvalue weighted by Gasteiger charge is 2.06. The Kier molecular flexibility index (Phi) is 3.48. The molecule has 4 heteroatoms. The summed E-state index contributed by atoms with van der Waals surface area (Å²) in [6.45, 7) is 3.31. The van der Waals surface area contributed by atoms with Crippen molar-refractivity contribution in [3.8, 4) is 5.75 Å². The lowest BCUT2D eigenvalue weighted by molar-refractivity contribution is 0.0696. The number of aromatic hydroxyl groups is 1. The number of rotatable bonds is 4. The molecule has 0 aliphatic carbocycles. The number of carboxylic acids is 1. The molecule has 0 aliphatic rings. The molecule has 1 aromatic rings. The van der Waals surface area contributed by atoms with Crippen LogP contribution in [0.5, 0.6) is 5.75 Å². The fourth-order valence-corrected chi connectivity index (χ4v) is 1.11. The largest absolute Gasteiger partial charge is 0.508 e. The summed E-state index contributed by atoms with van der Waals surface area (Å²) in [6.07, 6.45) is 0. The van der Waals surface area contributed by atoms with Crippen LogP contribution < -0.4 is 5.32 Å². The van der Waals surface area contributed by atoms with E-state index in [-0.39, 0.29) is 11.3 Å². The van der Waals surface area contributed by atoms with Crippen molar-refractivity contribution >= 4 is 5.97 Å². The van der Waals surface area contributed by atoms with Crippen LogP contribution in [0, 0.1) is 0 Å². The summed E-state index contributed by atoms with van der Waals surface area (Å²) in [5.74, 6) is -1.01. The van der Waals surface area contributed by atoms with Crippen LogP contribution in [0.4, 0.5) is 0 Å². The number of hydrogen-bond donors (Lipinski definition) is 3. The number of phenols is 1. The molecule has 1 rings (SSSR count). The molecular formula is C10H13NO3. The van der Waals surface area contributed by atoms with Crippen molar-refractivity contribution in [3.63, 3.8) is 0 Å². The minimum Gasteiger partial charge on any atom is -0.508 e. The van der Waals surface area contributed by atoms with Gasteiger partial charge < -0.3 is 15.5 Å². The molecule has 3 N–H and O–H groups in total. The van der Waals surface area contributed by atoms with E-state index >= 15 is 0 Å². The quantitative estimate of drug-likeness (QED) is 0.675. The molecule has 1 aromatic carbocycles. The molecule has 0 saturated carbocycles. The van der Waals surface area contributed by atoms with Gasteiger partial charge in [0.25, 0.3) is 0 Å². The maximum atomic E-state index is 10.6. The fraction of sp³-hybridized carbons (Fsp3) is 0.300. The lowest BCUT2D eigenvalue weighted by atomic mass is 10.1. The number of aromatic carboxylic acids is 1. The molecule has 0 aromatic heterocycles. The Labute approximate surface area is 82.2 Å². The number of hydrogen-bond acceptors (Lipinski definition) is 3. The fourth-order valence-electron chi connectivity index (χ4n) is 1.11. The Morgan fingerprint density at radius 3 is 2.71 bits per heavy atom. The second kappa shape index (κ2) is 4.62. The second-order valence-corrected chi connectivity index (χ2v) is 2.93. The van der Waals surface area contributed by atoms with Crippen molar-refractivity contribution in [2.75, 3.05) is 6.54 Å². The van der Waals surface area contributed by atoms with Crippen molar-refractivity contribution in [2.24, 2.45) is 0 Å². The summed E-state index contributed by atoms with van der Waals surface area (Å²) >= 11 is 0. The van der Waals surface area contributed by atoms with Crippen molar-refractivity contribution < 1.29 is 15.0 Å². The van der Waals surface area contributed by atoms with E-state index in [1.807, 2.05) is 6.92 Å². The van der Waals surface area contributed by atoms with Gasteiger partial charge in [-0.2, -0.15) is 0 Å². The molecule has 0 atom stereocenters. The summed E-state index contributed by atoms with van der Waals surface area (Å²) in [6, 6.07) is 4.35. The Hall–Kier alpha value is -1.55. The van der Waals surface area contributed by atoms with E-state index in [1.165, 1.54) is 12.1 Å². The van der Waals surface area contributed by atoms with Gasteiger partial charge in [-0.3, -0.25) is 0 Å². The van der Waals surface area contributed by atoms with Crippen molar-refractivity contribution in [3.05, 3.63) is 29.3 Å². The van der Waals surface area contributed by atoms with E-state index in [0.717, 1.165) is 6.54 Å². The van der Waals surface area contributed by atoms with Gasteiger partial charge in [-0.25, -0.2) is 4.79 Å². The van der Waals surface area contributed by atoms with E-state index in [2.05, 4.69) is 5.32 Å². The molecule has 0 unspecified atom stereocenters. The minimum absolute atomic E-state index is 0.0193. The van der Waals surface area contributed by atoms with Crippen molar-refractivity contribution in [1.82, 2.24) is 5.32 Å². The zero-order valence-corrected chi connectivity index (χ0v) is 7.95. The van der Waals surface area contributed by atoms with Crippen LogP contribution in [0.15, 0.2) is 18.2 Å². The molecule has 0 aliphatic heterocycles. The normalized spacial score (nSPS) is 10.1. The number of phenolic OH excluding ortho intramolecular Hbond substituents is 1. The third kappa shape index (κ3) is 2.47. The third-order valence-electron chi connectivity index (χ3n) is 1.90. The smallest absolute Gasteiger partial charge is 0.335 e. The molecule has 0 fully saturated rings. The summed E-state index contributed by atoms with van der Waals surface area (Å²) in [7, 11) is 0. The Balaban J connectivity index is 2.84. The highest BCUT2D eigenvalue weighted by molar-refractivity contribution is 5.88. The number of benzene rings is 1. The monoisotopic (exact) mass is 195 g/mol. The van der Waals surface area contributed by atoms with Gasteiger partial charge in [-0.1, -0.05) is 13.0 Å². The van der Waals surface area contributed by atoms with Gasteiger partial charge >= 0.3 is 5.97 Å². The maximum absolute atomic E-state index is 10.6. The van der Waals surface area contributed by atoms with Crippen LogP contribution in [0.2, 0.25) is 0 Å². The highest BCUT2D eigenvalue weighted by Crippen LogP contribution is 2.18. The maximum Gasteiger partial charge on any atom is 0.335 e. The predicted molar refractivity (Wildman–Crippen MR) is 52.4 cm³/mol. The molecular weight excluding hydrogens is 182 g/mol. The average molecular weight is 195 g/mol. The molecule has 0 saturated heterocycles. The molecule has 0 spiro atoms. The molecule has 0 radical (unpaired) electrons. The lowest BCUT2D eigenvalue weighted by Crippen LogP contribution is -2.12. The van der Waals surface area contributed by atoms with Crippen molar-refractivity contribution in [2.45, 2.75) is 13.5 Å². The second-order valence-electron chi connectivity index (χ2n) is 2.93.